The second kappa shape index (κ2) is 8.36. The molecule has 1 heterocycles. The number of carbonyl (C=O) groups excluding carboxylic acids is 1. The van der Waals surface area contributed by atoms with E-state index in [-0.39, 0.29) is 11.8 Å². The van der Waals surface area contributed by atoms with Crippen LogP contribution in [0.4, 0.5) is 5.95 Å². The number of fused-ring (bicyclic) bond motifs is 1. The van der Waals surface area contributed by atoms with Crippen LogP contribution in [0.1, 0.15) is 31.4 Å². The maximum absolute atomic E-state index is 12.3. The number of anilines is 1. The van der Waals surface area contributed by atoms with Crippen LogP contribution < -0.4 is 5.32 Å². The number of aromatic nitrogens is 2. The summed E-state index contributed by atoms with van der Waals surface area (Å²) < 4.78 is 3.06. The van der Waals surface area contributed by atoms with E-state index in [1.54, 1.807) is 12.1 Å². The summed E-state index contributed by atoms with van der Waals surface area (Å²) in [5.74, 6) is 0.754. The first kappa shape index (κ1) is 19.1. The molecule has 0 spiro atoms. The van der Waals surface area contributed by atoms with Gasteiger partial charge < -0.3 is 4.57 Å². The molecular formula is C21H21BrN4O. The quantitative estimate of drug-likeness (QED) is 0.611. The second-order valence-electron chi connectivity index (χ2n) is 6.92. The van der Waals surface area contributed by atoms with Crippen LogP contribution in [0.25, 0.3) is 11.0 Å². The van der Waals surface area contributed by atoms with Crippen LogP contribution in [-0.2, 0) is 17.8 Å². The van der Waals surface area contributed by atoms with Gasteiger partial charge in [-0.15, -0.1) is 0 Å². The Hall–Kier alpha value is -2.65. The number of nitrogens with zero attached hydrogens (tertiary/aromatic N) is 3. The molecule has 0 fully saturated rings. The standard InChI is InChI=1S/C21H21BrN4O/c1-14(2)11-20(27)25-21-24-18-12-16(13-23)5-8-19(18)26(21)10-9-15-3-6-17(22)7-4-15/h3-8,12,14H,9-11H2,1-2H3,(H,24,25,27). The van der Waals surface area contributed by atoms with Crippen LogP contribution in [0.5, 0.6) is 0 Å². The summed E-state index contributed by atoms with van der Waals surface area (Å²) in [7, 11) is 0. The molecule has 5 nitrogen and oxygen atoms in total. The molecule has 3 rings (SSSR count). The summed E-state index contributed by atoms with van der Waals surface area (Å²) in [6.07, 6.45) is 1.26. The molecule has 0 aliphatic rings. The van der Waals surface area contributed by atoms with Gasteiger partial charge in [0.25, 0.3) is 0 Å². The van der Waals surface area contributed by atoms with Crippen molar-refractivity contribution in [1.29, 1.82) is 5.26 Å². The molecule has 0 unspecified atom stereocenters. The normalized spacial score (nSPS) is 10.9. The first-order valence-electron chi connectivity index (χ1n) is 8.91. The largest absolute Gasteiger partial charge is 0.310 e. The molecule has 0 atom stereocenters. The Morgan fingerprint density at radius 3 is 2.67 bits per heavy atom. The number of hydrogen-bond acceptors (Lipinski definition) is 3. The fraction of sp³-hybridized carbons (Fsp3) is 0.286. The van der Waals surface area contributed by atoms with Crippen molar-refractivity contribution in [3.63, 3.8) is 0 Å². The number of carbonyl (C=O) groups is 1. The van der Waals surface area contributed by atoms with E-state index >= 15 is 0 Å². The summed E-state index contributed by atoms with van der Waals surface area (Å²) in [5.41, 5.74) is 3.38. The highest BCUT2D eigenvalue weighted by Crippen LogP contribution is 2.22. The average molecular weight is 425 g/mol. The van der Waals surface area contributed by atoms with Gasteiger partial charge in [0.05, 0.1) is 22.7 Å². The van der Waals surface area contributed by atoms with Crippen LogP contribution in [0.3, 0.4) is 0 Å². The number of rotatable bonds is 6. The van der Waals surface area contributed by atoms with Gasteiger partial charge in [-0.05, 0) is 48.2 Å². The number of benzene rings is 2. The molecule has 0 saturated heterocycles. The molecule has 1 aromatic heterocycles. The van der Waals surface area contributed by atoms with Crippen LogP contribution in [0, 0.1) is 17.2 Å². The Bertz CT molecular complexity index is 999. The Labute approximate surface area is 167 Å². The monoisotopic (exact) mass is 424 g/mol. The predicted molar refractivity (Wildman–Crippen MR) is 110 cm³/mol. The molecule has 1 amide bonds. The number of imidazole rings is 1. The Morgan fingerprint density at radius 2 is 2.00 bits per heavy atom. The predicted octanol–water partition coefficient (Wildman–Crippen LogP) is 4.90. The zero-order chi connectivity index (χ0) is 19.4. The highest BCUT2D eigenvalue weighted by atomic mass is 79.9. The molecule has 138 valence electrons. The van der Waals surface area contributed by atoms with Crippen LogP contribution in [-0.4, -0.2) is 15.5 Å². The third-order valence-corrected chi connectivity index (χ3v) is 4.79. The Kier molecular flexibility index (Phi) is 5.92. The minimum Gasteiger partial charge on any atom is -0.310 e. The Morgan fingerprint density at radius 1 is 1.26 bits per heavy atom. The van der Waals surface area contributed by atoms with Crippen molar-refractivity contribution < 1.29 is 4.79 Å². The van der Waals surface area contributed by atoms with E-state index in [0.29, 0.717) is 30.0 Å². The zero-order valence-corrected chi connectivity index (χ0v) is 17.0. The molecule has 27 heavy (non-hydrogen) atoms. The van der Waals surface area contributed by atoms with Gasteiger partial charge in [0.15, 0.2) is 0 Å². The van der Waals surface area contributed by atoms with E-state index in [1.807, 2.05) is 36.6 Å². The molecule has 2 aromatic carbocycles. The van der Waals surface area contributed by atoms with E-state index in [4.69, 9.17) is 5.26 Å². The molecule has 0 radical (unpaired) electrons. The van der Waals surface area contributed by atoms with Gasteiger partial charge in [0.2, 0.25) is 11.9 Å². The smallest absolute Gasteiger partial charge is 0.226 e. The molecular weight excluding hydrogens is 404 g/mol. The van der Waals surface area contributed by atoms with Gasteiger partial charge in [0, 0.05) is 17.4 Å². The van der Waals surface area contributed by atoms with Crippen LogP contribution >= 0.6 is 15.9 Å². The lowest BCUT2D eigenvalue weighted by molar-refractivity contribution is -0.116. The average Bonchev–Trinajstić information content (AvgIpc) is 2.96. The minimum atomic E-state index is -0.0503. The van der Waals surface area contributed by atoms with Crippen LogP contribution in [0.15, 0.2) is 46.9 Å². The first-order valence-corrected chi connectivity index (χ1v) is 9.70. The minimum absolute atomic E-state index is 0.0503. The van der Waals surface area contributed by atoms with E-state index in [9.17, 15) is 4.79 Å². The fourth-order valence-corrected chi connectivity index (χ4v) is 3.22. The molecule has 6 heteroatoms. The topological polar surface area (TPSA) is 70.7 Å². The number of halogens is 1. The highest BCUT2D eigenvalue weighted by Gasteiger charge is 2.15. The number of aryl methyl sites for hydroxylation is 2. The molecule has 3 aromatic rings. The third kappa shape index (κ3) is 4.75. The van der Waals surface area contributed by atoms with Crippen molar-refractivity contribution in [2.24, 2.45) is 5.92 Å². The lowest BCUT2D eigenvalue weighted by Gasteiger charge is -2.11. The van der Waals surface area contributed by atoms with E-state index in [2.05, 4.69) is 44.4 Å². The SMILES string of the molecule is CC(C)CC(=O)Nc1nc2cc(C#N)ccc2n1CCc1ccc(Br)cc1. The zero-order valence-electron chi connectivity index (χ0n) is 15.4. The summed E-state index contributed by atoms with van der Waals surface area (Å²) in [5, 5.41) is 12.1. The van der Waals surface area contributed by atoms with E-state index in [1.165, 1.54) is 5.56 Å². The summed E-state index contributed by atoms with van der Waals surface area (Å²) in [4.78, 5) is 16.8. The van der Waals surface area contributed by atoms with E-state index < -0.39 is 0 Å². The van der Waals surface area contributed by atoms with Crippen LogP contribution in [0.2, 0.25) is 0 Å². The number of nitrogens with one attached hydrogen (secondary N) is 1. The van der Waals surface area contributed by atoms with Gasteiger partial charge in [-0.2, -0.15) is 5.26 Å². The molecule has 0 bridgehead atoms. The fourth-order valence-electron chi connectivity index (χ4n) is 2.96. The lowest BCUT2D eigenvalue weighted by atomic mass is 10.1. The van der Waals surface area contributed by atoms with Crippen molar-refractivity contribution in [3.05, 3.63) is 58.1 Å². The van der Waals surface area contributed by atoms with E-state index in [0.717, 1.165) is 16.4 Å². The van der Waals surface area contributed by atoms with Gasteiger partial charge in [-0.25, -0.2) is 4.98 Å². The van der Waals surface area contributed by atoms with Crippen molar-refractivity contribution in [3.8, 4) is 6.07 Å². The van der Waals surface area contributed by atoms with Gasteiger partial charge >= 0.3 is 0 Å². The maximum Gasteiger partial charge on any atom is 0.226 e. The summed E-state index contributed by atoms with van der Waals surface area (Å²) in [6, 6.07) is 15.8. The number of hydrogen-bond donors (Lipinski definition) is 1. The number of amides is 1. The molecule has 0 saturated carbocycles. The molecule has 0 aliphatic carbocycles. The lowest BCUT2D eigenvalue weighted by Crippen LogP contribution is -2.18. The Balaban J connectivity index is 1.91. The second-order valence-corrected chi connectivity index (χ2v) is 7.84. The molecule has 0 aliphatic heterocycles. The third-order valence-electron chi connectivity index (χ3n) is 4.26. The summed E-state index contributed by atoms with van der Waals surface area (Å²) >= 11 is 3.45. The van der Waals surface area contributed by atoms with Gasteiger partial charge in [-0.1, -0.05) is 41.9 Å². The van der Waals surface area contributed by atoms with Crippen molar-refractivity contribution in [2.45, 2.75) is 33.2 Å². The number of nitriles is 1. The van der Waals surface area contributed by atoms with Crippen molar-refractivity contribution in [2.75, 3.05) is 5.32 Å². The molecule has 1 N–H and O–H groups in total. The van der Waals surface area contributed by atoms with Crippen molar-refractivity contribution >= 4 is 38.8 Å². The first-order chi connectivity index (χ1) is 13.0. The maximum atomic E-state index is 12.3. The summed E-state index contributed by atoms with van der Waals surface area (Å²) in [6.45, 7) is 4.70. The van der Waals surface area contributed by atoms with Gasteiger partial charge in [-0.3, -0.25) is 10.1 Å². The highest BCUT2D eigenvalue weighted by molar-refractivity contribution is 9.10. The van der Waals surface area contributed by atoms with Gasteiger partial charge in [0.1, 0.15) is 0 Å². The van der Waals surface area contributed by atoms with Crippen molar-refractivity contribution in [1.82, 2.24) is 9.55 Å².